The highest BCUT2D eigenvalue weighted by atomic mass is 16.4. The predicted octanol–water partition coefficient (Wildman–Crippen LogP) is 2.05. The van der Waals surface area contributed by atoms with Gasteiger partial charge in [0.25, 0.3) is 0 Å². The van der Waals surface area contributed by atoms with E-state index < -0.39 is 11.4 Å². The number of nitrogens with zero attached hydrogens (tertiary/aromatic N) is 2. The van der Waals surface area contributed by atoms with E-state index in [1.165, 1.54) is 0 Å². The Morgan fingerprint density at radius 2 is 2.06 bits per heavy atom. The Labute approximate surface area is 105 Å². The number of rotatable bonds is 4. The summed E-state index contributed by atoms with van der Waals surface area (Å²) in [5.74, 6) is -0.706. The summed E-state index contributed by atoms with van der Waals surface area (Å²) >= 11 is 0. The van der Waals surface area contributed by atoms with E-state index in [0.717, 1.165) is 24.0 Å². The fourth-order valence-electron chi connectivity index (χ4n) is 2.26. The molecule has 0 saturated heterocycles. The largest absolute Gasteiger partial charge is 0.481 e. The Morgan fingerprint density at radius 1 is 1.33 bits per heavy atom. The highest BCUT2D eigenvalue weighted by Gasteiger charge is 2.51. The molecule has 0 atom stereocenters. The molecule has 1 aliphatic carbocycles. The second kappa shape index (κ2) is 3.98. The summed E-state index contributed by atoms with van der Waals surface area (Å²) in [4.78, 5) is 11.2. The number of hydrogen-bond acceptors (Lipinski definition) is 2. The third-order valence-corrected chi connectivity index (χ3v) is 3.57. The number of hydrogen-bond donors (Lipinski definition) is 1. The van der Waals surface area contributed by atoms with Gasteiger partial charge >= 0.3 is 5.97 Å². The molecule has 1 fully saturated rings. The van der Waals surface area contributed by atoms with Crippen molar-refractivity contribution in [2.75, 3.05) is 0 Å². The summed E-state index contributed by atoms with van der Waals surface area (Å²) < 4.78 is 1.85. The van der Waals surface area contributed by atoms with Gasteiger partial charge in [-0.25, -0.2) is 0 Å². The summed E-state index contributed by atoms with van der Waals surface area (Å²) in [5, 5.41) is 13.4. The van der Waals surface area contributed by atoms with E-state index in [-0.39, 0.29) is 0 Å². The third kappa shape index (κ3) is 1.79. The topological polar surface area (TPSA) is 55.1 Å². The van der Waals surface area contributed by atoms with Crippen molar-refractivity contribution >= 4 is 5.97 Å². The van der Waals surface area contributed by atoms with Gasteiger partial charge in [0.15, 0.2) is 0 Å². The summed E-state index contributed by atoms with van der Waals surface area (Å²) in [6.07, 6.45) is 5.16. The maximum Gasteiger partial charge on any atom is 0.314 e. The Kier molecular flexibility index (Phi) is 2.44. The molecular weight excluding hydrogens is 228 g/mol. The first kappa shape index (κ1) is 11.0. The lowest BCUT2D eigenvalue weighted by Gasteiger charge is -2.10. The van der Waals surface area contributed by atoms with E-state index in [1.807, 2.05) is 41.2 Å². The van der Waals surface area contributed by atoms with Crippen molar-refractivity contribution in [3.05, 3.63) is 53.9 Å². The molecule has 2 aromatic rings. The monoisotopic (exact) mass is 242 g/mol. The summed E-state index contributed by atoms with van der Waals surface area (Å²) in [6.45, 7) is 0.716. The zero-order valence-electron chi connectivity index (χ0n) is 9.91. The van der Waals surface area contributed by atoms with Gasteiger partial charge in [-0.3, -0.25) is 9.48 Å². The van der Waals surface area contributed by atoms with Gasteiger partial charge in [0.1, 0.15) is 0 Å². The van der Waals surface area contributed by atoms with E-state index >= 15 is 0 Å². The van der Waals surface area contributed by atoms with E-state index in [1.54, 1.807) is 6.20 Å². The van der Waals surface area contributed by atoms with Crippen molar-refractivity contribution in [3.8, 4) is 0 Å². The van der Waals surface area contributed by atoms with Gasteiger partial charge in [0.2, 0.25) is 0 Å². The molecule has 1 N–H and O–H groups in total. The van der Waals surface area contributed by atoms with Crippen LogP contribution in [-0.4, -0.2) is 20.9 Å². The molecule has 3 rings (SSSR count). The van der Waals surface area contributed by atoms with Crippen LogP contribution in [0.25, 0.3) is 0 Å². The number of aromatic nitrogens is 2. The summed E-state index contributed by atoms with van der Waals surface area (Å²) in [7, 11) is 0. The summed E-state index contributed by atoms with van der Waals surface area (Å²) in [5.41, 5.74) is 1.44. The molecule has 18 heavy (non-hydrogen) atoms. The Morgan fingerprint density at radius 3 is 2.56 bits per heavy atom. The Bertz CT molecular complexity index is 554. The molecule has 0 spiro atoms. The van der Waals surface area contributed by atoms with Gasteiger partial charge in [-0.1, -0.05) is 24.3 Å². The van der Waals surface area contributed by atoms with Crippen LogP contribution >= 0.6 is 0 Å². The fourth-order valence-corrected chi connectivity index (χ4v) is 2.26. The predicted molar refractivity (Wildman–Crippen MR) is 66.3 cm³/mol. The van der Waals surface area contributed by atoms with Gasteiger partial charge in [0, 0.05) is 12.4 Å². The lowest BCUT2D eigenvalue weighted by molar-refractivity contribution is -0.140. The first-order valence-corrected chi connectivity index (χ1v) is 6.01. The molecule has 1 aromatic heterocycles. The van der Waals surface area contributed by atoms with Crippen molar-refractivity contribution in [2.45, 2.75) is 24.8 Å². The lowest BCUT2D eigenvalue weighted by atomic mass is 9.95. The zero-order chi connectivity index (χ0) is 12.6. The van der Waals surface area contributed by atoms with Crippen LogP contribution in [0.1, 0.15) is 24.0 Å². The molecule has 0 bridgehead atoms. The van der Waals surface area contributed by atoms with Crippen LogP contribution in [0, 0.1) is 0 Å². The smallest absolute Gasteiger partial charge is 0.314 e. The van der Waals surface area contributed by atoms with Crippen molar-refractivity contribution in [1.29, 1.82) is 0 Å². The van der Waals surface area contributed by atoms with Gasteiger partial charge < -0.3 is 5.11 Å². The normalized spacial score (nSPS) is 16.4. The second-order valence-corrected chi connectivity index (χ2v) is 4.79. The SMILES string of the molecule is O=C(O)C1(c2ccc(Cn3cccn3)cc2)CC1. The molecule has 0 amide bonds. The van der Waals surface area contributed by atoms with Crippen molar-refractivity contribution in [3.63, 3.8) is 0 Å². The van der Waals surface area contributed by atoms with E-state index in [9.17, 15) is 9.90 Å². The van der Waals surface area contributed by atoms with Crippen LogP contribution in [0.2, 0.25) is 0 Å². The minimum Gasteiger partial charge on any atom is -0.481 e. The number of benzene rings is 1. The number of carboxylic acid groups (broad SMARTS) is 1. The lowest BCUT2D eigenvalue weighted by Crippen LogP contribution is -2.19. The fraction of sp³-hybridized carbons (Fsp3) is 0.286. The van der Waals surface area contributed by atoms with Crippen LogP contribution in [-0.2, 0) is 16.8 Å². The molecule has 1 heterocycles. The van der Waals surface area contributed by atoms with E-state index in [4.69, 9.17) is 0 Å². The molecule has 1 aromatic carbocycles. The van der Waals surface area contributed by atoms with Crippen LogP contribution in [0.15, 0.2) is 42.7 Å². The maximum atomic E-state index is 11.2. The summed E-state index contributed by atoms with van der Waals surface area (Å²) in [6, 6.07) is 9.72. The maximum absolute atomic E-state index is 11.2. The highest BCUT2D eigenvalue weighted by Crippen LogP contribution is 2.48. The quantitative estimate of drug-likeness (QED) is 0.892. The molecular formula is C14H14N2O2. The highest BCUT2D eigenvalue weighted by molar-refractivity contribution is 5.84. The van der Waals surface area contributed by atoms with E-state index in [0.29, 0.717) is 6.54 Å². The average molecular weight is 242 g/mol. The molecule has 1 saturated carbocycles. The van der Waals surface area contributed by atoms with Gasteiger partial charge in [-0.2, -0.15) is 5.10 Å². The van der Waals surface area contributed by atoms with E-state index in [2.05, 4.69) is 5.10 Å². The second-order valence-electron chi connectivity index (χ2n) is 4.79. The minimum absolute atomic E-state index is 0.607. The molecule has 4 heteroatoms. The molecule has 0 aliphatic heterocycles. The molecule has 0 unspecified atom stereocenters. The van der Waals surface area contributed by atoms with Crippen LogP contribution in [0.5, 0.6) is 0 Å². The van der Waals surface area contributed by atoms with Gasteiger partial charge in [0.05, 0.1) is 12.0 Å². The van der Waals surface area contributed by atoms with Crippen LogP contribution < -0.4 is 0 Å². The number of carbonyl (C=O) groups is 1. The van der Waals surface area contributed by atoms with Gasteiger partial charge in [-0.05, 0) is 30.0 Å². The van der Waals surface area contributed by atoms with Crippen molar-refractivity contribution in [1.82, 2.24) is 9.78 Å². The molecule has 92 valence electrons. The first-order valence-electron chi connectivity index (χ1n) is 6.01. The molecule has 4 nitrogen and oxygen atoms in total. The zero-order valence-corrected chi connectivity index (χ0v) is 9.91. The standard InChI is InChI=1S/C14H14N2O2/c17-13(18)14(6-7-14)12-4-2-11(3-5-12)10-16-9-1-8-15-16/h1-5,8-9H,6-7,10H2,(H,17,18). The Balaban J connectivity index is 1.79. The van der Waals surface area contributed by atoms with Crippen LogP contribution in [0.3, 0.4) is 0 Å². The van der Waals surface area contributed by atoms with Crippen molar-refractivity contribution < 1.29 is 9.90 Å². The third-order valence-electron chi connectivity index (χ3n) is 3.57. The average Bonchev–Trinajstić information content (AvgIpc) is 3.04. The Hall–Kier alpha value is -2.10. The van der Waals surface area contributed by atoms with Crippen molar-refractivity contribution in [2.24, 2.45) is 0 Å². The molecule has 1 aliphatic rings. The number of carboxylic acids is 1. The van der Waals surface area contributed by atoms with Gasteiger partial charge in [-0.15, -0.1) is 0 Å². The first-order chi connectivity index (χ1) is 8.71. The number of aliphatic carboxylic acids is 1. The van der Waals surface area contributed by atoms with Crippen LogP contribution in [0.4, 0.5) is 0 Å². The minimum atomic E-state index is -0.706. The molecule has 0 radical (unpaired) electrons.